The van der Waals surface area contributed by atoms with Gasteiger partial charge < -0.3 is 4.90 Å². The molecule has 0 heterocycles. The molecular weight excluding hydrogens is 330 g/mol. The summed E-state index contributed by atoms with van der Waals surface area (Å²) in [6, 6.07) is 13.8. The van der Waals surface area contributed by atoms with Gasteiger partial charge in [-0.3, -0.25) is 4.79 Å². The van der Waals surface area contributed by atoms with Crippen molar-refractivity contribution >= 4 is 17.5 Å². The van der Waals surface area contributed by atoms with Crippen molar-refractivity contribution in [3.8, 4) is 0 Å². The molecule has 0 aromatic heterocycles. The Morgan fingerprint density at radius 3 is 2.16 bits per heavy atom. The number of benzene rings is 2. The van der Waals surface area contributed by atoms with E-state index in [4.69, 9.17) is 11.6 Å². The van der Waals surface area contributed by atoms with E-state index in [1.54, 1.807) is 0 Å². The zero-order chi connectivity index (χ0) is 19.0. The van der Waals surface area contributed by atoms with Gasteiger partial charge in [0.25, 0.3) is 5.91 Å². The molecule has 136 valence electrons. The number of hydrogen-bond donors (Lipinski definition) is 0. The third kappa shape index (κ3) is 6.55. The zero-order valence-corrected chi connectivity index (χ0v) is 17.0. The van der Waals surface area contributed by atoms with E-state index in [-0.39, 0.29) is 5.91 Å². The molecule has 0 saturated heterocycles. The molecule has 0 fully saturated rings. The van der Waals surface area contributed by atoms with Crippen LogP contribution in [-0.2, 0) is 0 Å². The topological polar surface area (TPSA) is 20.3 Å². The van der Waals surface area contributed by atoms with Crippen LogP contribution in [0.4, 0.5) is 0 Å². The molecule has 0 N–H and O–H groups in total. The Morgan fingerprint density at radius 1 is 1.04 bits per heavy atom. The quantitative estimate of drug-likeness (QED) is 0.631. The first-order valence-corrected chi connectivity index (χ1v) is 9.29. The van der Waals surface area contributed by atoms with Gasteiger partial charge in [-0.2, -0.15) is 0 Å². The normalized spacial score (nSPS) is 10.2. The summed E-state index contributed by atoms with van der Waals surface area (Å²) in [4.78, 5) is 13.7. The Labute approximate surface area is 157 Å². The molecule has 2 aromatic rings. The Morgan fingerprint density at radius 2 is 1.68 bits per heavy atom. The highest BCUT2D eigenvalue weighted by atomic mass is 35.5. The fourth-order valence-electron chi connectivity index (χ4n) is 2.76. The van der Waals surface area contributed by atoms with E-state index in [1.165, 1.54) is 11.1 Å². The van der Waals surface area contributed by atoms with Crippen LogP contribution in [0.1, 0.15) is 60.7 Å². The number of aryl methyl sites for hydroxylation is 2. The summed E-state index contributed by atoms with van der Waals surface area (Å²) in [5.74, 6) is 0.714. The summed E-state index contributed by atoms with van der Waals surface area (Å²) in [5, 5.41) is 0.826. The third-order valence-corrected chi connectivity index (χ3v) is 4.40. The predicted molar refractivity (Wildman–Crippen MR) is 109 cm³/mol. The van der Waals surface area contributed by atoms with Gasteiger partial charge in [-0.05, 0) is 69.0 Å². The molecule has 0 saturated carbocycles. The van der Waals surface area contributed by atoms with Crippen molar-refractivity contribution in [2.45, 2.75) is 47.5 Å². The predicted octanol–water partition coefficient (Wildman–Crippen LogP) is 6.25. The van der Waals surface area contributed by atoms with Crippen LogP contribution < -0.4 is 0 Å². The Bertz CT molecular complexity index is 690. The molecule has 2 nitrogen and oxygen atoms in total. The van der Waals surface area contributed by atoms with Crippen LogP contribution in [0.5, 0.6) is 0 Å². The van der Waals surface area contributed by atoms with Gasteiger partial charge in [0, 0.05) is 23.7 Å². The number of halogens is 1. The second kappa shape index (κ2) is 10.2. The molecule has 0 atom stereocenters. The highest BCUT2D eigenvalue weighted by molar-refractivity contribution is 6.30. The maximum atomic E-state index is 11.9. The van der Waals surface area contributed by atoms with Crippen LogP contribution in [-0.4, -0.2) is 23.9 Å². The fourth-order valence-corrected chi connectivity index (χ4v) is 2.99. The number of nitrogens with zero attached hydrogens (tertiary/aromatic N) is 1. The lowest BCUT2D eigenvalue weighted by Gasteiger charge is -2.18. The minimum absolute atomic E-state index is 0.124. The lowest BCUT2D eigenvalue weighted by molar-refractivity contribution is 0.0773. The maximum Gasteiger partial charge on any atom is 0.253 e. The summed E-state index contributed by atoms with van der Waals surface area (Å²) in [6.07, 6.45) is 0. The third-order valence-electron chi connectivity index (χ3n) is 4.17. The van der Waals surface area contributed by atoms with Crippen molar-refractivity contribution in [2.75, 3.05) is 13.1 Å². The van der Waals surface area contributed by atoms with Crippen LogP contribution in [0.25, 0.3) is 0 Å². The van der Waals surface area contributed by atoms with Gasteiger partial charge in [0.15, 0.2) is 0 Å². The number of carbonyl (C=O) groups excluding carboxylic acids is 1. The van der Waals surface area contributed by atoms with E-state index in [0.29, 0.717) is 5.92 Å². The molecule has 1 amide bonds. The van der Waals surface area contributed by atoms with Crippen LogP contribution in [0.3, 0.4) is 0 Å². The molecule has 0 radical (unpaired) electrons. The van der Waals surface area contributed by atoms with Gasteiger partial charge in [0.1, 0.15) is 0 Å². The minimum atomic E-state index is 0.124. The fraction of sp³-hybridized carbons (Fsp3) is 0.409. The van der Waals surface area contributed by atoms with Crippen molar-refractivity contribution < 1.29 is 4.79 Å². The molecule has 3 heteroatoms. The average Bonchev–Trinajstić information content (AvgIpc) is 2.56. The van der Waals surface area contributed by atoms with Crippen LogP contribution in [0.15, 0.2) is 42.5 Å². The zero-order valence-electron chi connectivity index (χ0n) is 16.3. The summed E-state index contributed by atoms with van der Waals surface area (Å²) in [7, 11) is 0. The first-order valence-electron chi connectivity index (χ1n) is 8.92. The number of rotatable bonds is 4. The van der Waals surface area contributed by atoms with Gasteiger partial charge >= 0.3 is 0 Å². The number of carbonyl (C=O) groups is 1. The molecule has 25 heavy (non-hydrogen) atoms. The van der Waals surface area contributed by atoms with E-state index in [2.05, 4.69) is 26.8 Å². The summed E-state index contributed by atoms with van der Waals surface area (Å²) >= 11 is 5.82. The highest BCUT2D eigenvalue weighted by Crippen LogP contribution is 2.21. The Balaban J connectivity index is 0.000000257. The number of hydrogen-bond acceptors (Lipinski definition) is 1. The Hall–Kier alpha value is -1.80. The van der Waals surface area contributed by atoms with Crippen molar-refractivity contribution in [3.05, 3.63) is 69.7 Å². The molecule has 0 spiro atoms. The SMILES string of the molecule is CCN(CC)C(=O)c1cccc(C)c1.Cc1cc(Cl)ccc1C(C)C. The smallest absolute Gasteiger partial charge is 0.253 e. The summed E-state index contributed by atoms with van der Waals surface area (Å²) < 4.78 is 0. The van der Waals surface area contributed by atoms with Gasteiger partial charge in [-0.15, -0.1) is 0 Å². The lowest BCUT2D eigenvalue weighted by atomic mass is 9.98. The second-order valence-corrected chi connectivity index (χ2v) is 6.94. The lowest BCUT2D eigenvalue weighted by Crippen LogP contribution is -2.30. The molecule has 0 aliphatic carbocycles. The summed E-state index contributed by atoms with van der Waals surface area (Å²) in [5.41, 5.74) is 4.58. The highest BCUT2D eigenvalue weighted by Gasteiger charge is 2.11. The molecule has 0 unspecified atom stereocenters. The van der Waals surface area contributed by atoms with E-state index in [0.717, 1.165) is 29.2 Å². The largest absolute Gasteiger partial charge is 0.339 e. The monoisotopic (exact) mass is 359 g/mol. The van der Waals surface area contributed by atoms with E-state index < -0.39 is 0 Å². The Kier molecular flexibility index (Phi) is 8.71. The van der Waals surface area contributed by atoms with Crippen LogP contribution in [0.2, 0.25) is 5.02 Å². The number of amides is 1. The van der Waals surface area contributed by atoms with E-state index in [1.807, 2.05) is 62.1 Å². The van der Waals surface area contributed by atoms with Gasteiger partial charge in [0.2, 0.25) is 0 Å². The molecule has 0 aliphatic rings. The van der Waals surface area contributed by atoms with Crippen LogP contribution >= 0.6 is 11.6 Å². The van der Waals surface area contributed by atoms with Gasteiger partial charge in [0.05, 0.1) is 0 Å². The first kappa shape index (κ1) is 21.2. The van der Waals surface area contributed by atoms with Crippen LogP contribution in [0, 0.1) is 13.8 Å². The first-order chi connectivity index (χ1) is 11.8. The van der Waals surface area contributed by atoms with Crippen molar-refractivity contribution in [1.82, 2.24) is 4.90 Å². The summed E-state index contributed by atoms with van der Waals surface area (Å²) in [6.45, 7) is 14.0. The molecular formula is C22H30ClNO. The van der Waals surface area contributed by atoms with Crippen molar-refractivity contribution in [1.29, 1.82) is 0 Å². The second-order valence-electron chi connectivity index (χ2n) is 6.50. The maximum absolute atomic E-state index is 11.9. The molecule has 2 aromatic carbocycles. The molecule has 2 rings (SSSR count). The van der Waals surface area contributed by atoms with Crippen molar-refractivity contribution in [3.63, 3.8) is 0 Å². The minimum Gasteiger partial charge on any atom is -0.339 e. The van der Waals surface area contributed by atoms with E-state index in [9.17, 15) is 4.79 Å². The average molecular weight is 360 g/mol. The van der Waals surface area contributed by atoms with Gasteiger partial charge in [-0.1, -0.05) is 49.2 Å². The molecule has 0 aliphatic heterocycles. The van der Waals surface area contributed by atoms with Gasteiger partial charge in [-0.25, -0.2) is 0 Å². The standard InChI is InChI=1S/C12H17NO.C10H13Cl/c1-4-13(5-2)12(14)11-8-6-7-10(3)9-11;1-7(2)10-5-4-9(11)6-8(10)3/h6-9H,4-5H2,1-3H3;4-7H,1-3H3. The van der Waals surface area contributed by atoms with E-state index >= 15 is 0 Å². The van der Waals surface area contributed by atoms with Crippen molar-refractivity contribution in [2.24, 2.45) is 0 Å². The molecule has 0 bridgehead atoms.